The molecule has 5 heteroatoms. The first kappa shape index (κ1) is 16.8. The van der Waals surface area contributed by atoms with E-state index in [1.165, 1.54) is 5.56 Å². The molecule has 0 fully saturated rings. The summed E-state index contributed by atoms with van der Waals surface area (Å²) in [5, 5.41) is 7.59. The lowest BCUT2D eigenvalue weighted by molar-refractivity contribution is 0.414. The fourth-order valence-electron chi connectivity index (χ4n) is 2.61. The summed E-state index contributed by atoms with van der Waals surface area (Å²) in [6, 6.07) is 16.0. The van der Waals surface area contributed by atoms with Crippen LogP contribution in [0.2, 0.25) is 0 Å². The zero-order chi connectivity index (χ0) is 17.5. The van der Waals surface area contributed by atoms with Gasteiger partial charge in [0.25, 0.3) is 0 Å². The molecule has 0 radical (unpaired) electrons. The maximum absolute atomic E-state index is 5.26. The van der Waals surface area contributed by atoms with Crippen LogP contribution in [0.1, 0.15) is 5.56 Å². The van der Waals surface area contributed by atoms with Crippen molar-refractivity contribution in [3.8, 4) is 5.75 Å². The van der Waals surface area contributed by atoms with Crippen molar-refractivity contribution in [3.05, 3.63) is 66.7 Å². The van der Waals surface area contributed by atoms with Gasteiger partial charge in [0, 0.05) is 18.5 Å². The van der Waals surface area contributed by atoms with Crippen LogP contribution in [0.25, 0.3) is 10.9 Å². The Morgan fingerprint density at radius 3 is 2.80 bits per heavy atom. The highest BCUT2D eigenvalue weighted by Crippen LogP contribution is 2.21. The molecule has 0 atom stereocenters. The molecule has 2 N–H and O–H groups in total. The highest BCUT2D eigenvalue weighted by molar-refractivity contribution is 5.90. The second-order valence-corrected chi connectivity index (χ2v) is 5.61. The summed E-state index contributed by atoms with van der Waals surface area (Å²) >= 11 is 0. The Hall–Kier alpha value is -3.08. The quantitative estimate of drug-likeness (QED) is 0.612. The maximum atomic E-state index is 5.26. The van der Waals surface area contributed by atoms with Gasteiger partial charge in [-0.3, -0.25) is 0 Å². The molecule has 0 aliphatic carbocycles. The third-order valence-corrected chi connectivity index (χ3v) is 3.85. The summed E-state index contributed by atoms with van der Waals surface area (Å²) < 4.78 is 5.26. The van der Waals surface area contributed by atoms with Crippen molar-refractivity contribution < 1.29 is 4.74 Å². The average Bonchev–Trinajstić information content (AvgIpc) is 2.66. The smallest absolute Gasteiger partial charge is 0.225 e. The Kier molecular flexibility index (Phi) is 5.46. The molecular formula is C20H22N4O. The first-order chi connectivity index (χ1) is 12.3. The molecule has 5 nitrogen and oxygen atoms in total. The van der Waals surface area contributed by atoms with E-state index < -0.39 is 0 Å². The van der Waals surface area contributed by atoms with Crippen LogP contribution < -0.4 is 15.4 Å². The van der Waals surface area contributed by atoms with E-state index in [9.17, 15) is 0 Å². The number of hydrogen-bond acceptors (Lipinski definition) is 5. The molecule has 1 heterocycles. The summed E-state index contributed by atoms with van der Waals surface area (Å²) in [6.45, 7) is 5.14. The lowest BCUT2D eigenvalue weighted by Crippen LogP contribution is -2.10. The van der Waals surface area contributed by atoms with Crippen molar-refractivity contribution in [3.63, 3.8) is 0 Å². The fourth-order valence-corrected chi connectivity index (χ4v) is 2.61. The van der Waals surface area contributed by atoms with Crippen LogP contribution in [0.5, 0.6) is 5.75 Å². The van der Waals surface area contributed by atoms with Crippen molar-refractivity contribution >= 4 is 22.7 Å². The van der Waals surface area contributed by atoms with E-state index in [0.717, 1.165) is 35.4 Å². The number of methoxy groups -OCH3 is 1. The molecule has 3 rings (SSSR count). The van der Waals surface area contributed by atoms with Gasteiger partial charge in [-0.15, -0.1) is 6.58 Å². The van der Waals surface area contributed by atoms with Crippen molar-refractivity contribution in [2.75, 3.05) is 30.8 Å². The standard InChI is InChI=1S/C20H22N4O/c1-3-12-21-19-17-9-4-5-10-18(17)23-20(24-19)22-13-11-15-7-6-8-16(14-15)25-2/h3-10,14H,1,11-13H2,2H3,(H2,21,22,23,24). The fraction of sp³-hybridized carbons (Fsp3) is 0.200. The van der Waals surface area contributed by atoms with Crippen LogP contribution >= 0.6 is 0 Å². The molecule has 0 unspecified atom stereocenters. The molecule has 0 spiro atoms. The number of benzene rings is 2. The number of aromatic nitrogens is 2. The SMILES string of the molecule is C=CCNc1nc(NCCc2cccc(OC)c2)nc2ccccc12. The van der Waals surface area contributed by atoms with Crippen molar-refractivity contribution in [1.29, 1.82) is 0 Å². The Bertz CT molecular complexity index is 863. The van der Waals surface area contributed by atoms with E-state index in [2.05, 4.69) is 33.2 Å². The number of fused-ring (bicyclic) bond motifs is 1. The minimum atomic E-state index is 0.619. The molecular weight excluding hydrogens is 312 g/mol. The second-order valence-electron chi connectivity index (χ2n) is 5.61. The molecule has 128 valence electrons. The molecule has 0 aliphatic rings. The molecule has 2 aromatic carbocycles. The highest BCUT2D eigenvalue weighted by Gasteiger charge is 2.06. The zero-order valence-electron chi connectivity index (χ0n) is 14.3. The minimum absolute atomic E-state index is 0.619. The Morgan fingerprint density at radius 1 is 1.08 bits per heavy atom. The third-order valence-electron chi connectivity index (χ3n) is 3.85. The highest BCUT2D eigenvalue weighted by atomic mass is 16.5. The minimum Gasteiger partial charge on any atom is -0.497 e. The molecule has 0 amide bonds. The predicted octanol–water partition coefficient (Wildman–Crippen LogP) is 3.89. The number of anilines is 2. The molecule has 0 saturated carbocycles. The van der Waals surface area contributed by atoms with Crippen LogP contribution in [0, 0.1) is 0 Å². The number of para-hydroxylation sites is 1. The predicted molar refractivity (Wildman–Crippen MR) is 103 cm³/mol. The molecule has 0 aliphatic heterocycles. The first-order valence-electron chi connectivity index (χ1n) is 8.28. The second kappa shape index (κ2) is 8.15. The van der Waals surface area contributed by atoms with Gasteiger partial charge in [0.1, 0.15) is 11.6 Å². The van der Waals surface area contributed by atoms with Crippen LogP contribution in [-0.2, 0) is 6.42 Å². The summed E-state index contributed by atoms with van der Waals surface area (Å²) in [6.07, 6.45) is 2.68. The van der Waals surface area contributed by atoms with Gasteiger partial charge >= 0.3 is 0 Å². The van der Waals surface area contributed by atoms with Gasteiger partial charge in [-0.1, -0.05) is 30.3 Å². The topological polar surface area (TPSA) is 59.1 Å². The molecule has 3 aromatic rings. The van der Waals surface area contributed by atoms with E-state index in [1.807, 2.05) is 48.5 Å². The molecule has 0 saturated heterocycles. The molecule has 1 aromatic heterocycles. The van der Waals surface area contributed by atoms with Crippen LogP contribution in [-0.4, -0.2) is 30.2 Å². The van der Waals surface area contributed by atoms with Crippen molar-refractivity contribution in [1.82, 2.24) is 9.97 Å². The molecule has 0 bridgehead atoms. The van der Waals surface area contributed by atoms with Gasteiger partial charge in [-0.2, -0.15) is 4.98 Å². The third kappa shape index (κ3) is 4.26. The van der Waals surface area contributed by atoms with Crippen LogP contribution in [0.4, 0.5) is 11.8 Å². The summed E-state index contributed by atoms with van der Waals surface area (Å²) in [5.74, 6) is 2.30. The Balaban J connectivity index is 1.73. The number of nitrogens with one attached hydrogen (secondary N) is 2. The van der Waals surface area contributed by atoms with Crippen LogP contribution in [0.15, 0.2) is 61.2 Å². The summed E-state index contributed by atoms with van der Waals surface area (Å²) in [7, 11) is 1.68. The van der Waals surface area contributed by atoms with E-state index in [1.54, 1.807) is 7.11 Å². The number of rotatable bonds is 8. The van der Waals surface area contributed by atoms with Gasteiger partial charge in [0.15, 0.2) is 0 Å². The monoisotopic (exact) mass is 334 g/mol. The van der Waals surface area contributed by atoms with E-state index in [4.69, 9.17) is 4.74 Å². The largest absolute Gasteiger partial charge is 0.497 e. The van der Waals surface area contributed by atoms with Gasteiger partial charge in [-0.25, -0.2) is 4.98 Å². The Morgan fingerprint density at radius 2 is 1.96 bits per heavy atom. The van der Waals surface area contributed by atoms with Gasteiger partial charge in [0.2, 0.25) is 5.95 Å². The maximum Gasteiger partial charge on any atom is 0.225 e. The van der Waals surface area contributed by atoms with Gasteiger partial charge in [-0.05, 0) is 36.2 Å². The van der Waals surface area contributed by atoms with Crippen molar-refractivity contribution in [2.24, 2.45) is 0 Å². The van der Waals surface area contributed by atoms with Crippen molar-refractivity contribution in [2.45, 2.75) is 6.42 Å². The average molecular weight is 334 g/mol. The van der Waals surface area contributed by atoms with Crippen LogP contribution in [0.3, 0.4) is 0 Å². The number of nitrogens with zero attached hydrogens (tertiary/aromatic N) is 2. The Labute approximate surface area is 147 Å². The summed E-state index contributed by atoms with van der Waals surface area (Å²) in [5.41, 5.74) is 2.12. The normalized spacial score (nSPS) is 10.4. The van der Waals surface area contributed by atoms with Gasteiger partial charge < -0.3 is 15.4 Å². The van der Waals surface area contributed by atoms with E-state index >= 15 is 0 Å². The lowest BCUT2D eigenvalue weighted by Gasteiger charge is -2.11. The van der Waals surface area contributed by atoms with E-state index in [0.29, 0.717) is 12.5 Å². The first-order valence-corrected chi connectivity index (χ1v) is 8.28. The molecule has 25 heavy (non-hydrogen) atoms. The lowest BCUT2D eigenvalue weighted by atomic mass is 10.1. The zero-order valence-corrected chi connectivity index (χ0v) is 14.3. The van der Waals surface area contributed by atoms with Gasteiger partial charge in [0.05, 0.1) is 12.6 Å². The van der Waals surface area contributed by atoms with E-state index in [-0.39, 0.29) is 0 Å². The summed E-state index contributed by atoms with van der Waals surface area (Å²) in [4.78, 5) is 9.19. The number of ether oxygens (including phenoxy) is 1. The number of hydrogen-bond donors (Lipinski definition) is 2.